The number of carbonyl (C=O) groups excluding carboxylic acids is 1. The van der Waals surface area contributed by atoms with Crippen molar-refractivity contribution in [1.29, 1.82) is 0 Å². The highest BCUT2D eigenvalue weighted by molar-refractivity contribution is 7.99. The molecule has 1 saturated heterocycles. The summed E-state index contributed by atoms with van der Waals surface area (Å²) in [6.07, 6.45) is 3.11. The van der Waals surface area contributed by atoms with Crippen LogP contribution in [0.4, 0.5) is 0 Å². The minimum atomic E-state index is -0.115. The van der Waals surface area contributed by atoms with E-state index in [2.05, 4.69) is 24.3 Å². The summed E-state index contributed by atoms with van der Waals surface area (Å²) >= 11 is 1.34. The third-order valence-corrected chi connectivity index (χ3v) is 7.62. The van der Waals surface area contributed by atoms with Gasteiger partial charge in [0.2, 0.25) is 5.91 Å². The number of benzene rings is 3. The van der Waals surface area contributed by atoms with E-state index in [1.54, 1.807) is 10.6 Å². The van der Waals surface area contributed by atoms with E-state index in [0.717, 1.165) is 43.6 Å². The lowest BCUT2D eigenvalue weighted by molar-refractivity contribution is -0.129. The molecule has 0 N–H and O–H groups in total. The molecule has 1 aromatic heterocycles. The van der Waals surface area contributed by atoms with E-state index >= 15 is 0 Å². The number of fused-ring (bicyclic) bond motifs is 1. The fraction of sp³-hybridized carbons (Fsp3) is 0.276. The number of thioether (sulfide) groups is 1. The number of likely N-dealkylation sites (tertiary alicyclic amines) is 1. The summed E-state index contributed by atoms with van der Waals surface area (Å²) in [6, 6.07) is 25.8. The zero-order valence-electron chi connectivity index (χ0n) is 19.9. The number of piperidine rings is 1. The largest absolute Gasteiger partial charge is 0.342 e. The standard InChI is InChI=1S/C29H29N3O2S/c1-21-11-13-24(14-12-21)32-28(34)25-9-5-6-10-26(25)30-29(32)35-20-27(33)31-17-15-23(16-18-31)19-22-7-3-2-4-8-22/h2-14,23H,15-20H2,1H3. The van der Waals surface area contributed by atoms with Crippen LogP contribution in [0, 0.1) is 12.8 Å². The summed E-state index contributed by atoms with van der Waals surface area (Å²) < 4.78 is 1.63. The second-order valence-corrected chi connectivity index (χ2v) is 10.1. The highest BCUT2D eigenvalue weighted by atomic mass is 32.2. The molecule has 6 heteroatoms. The maximum Gasteiger partial charge on any atom is 0.266 e. The van der Waals surface area contributed by atoms with E-state index in [1.165, 1.54) is 17.3 Å². The van der Waals surface area contributed by atoms with E-state index in [4.69, 9.17) is 4.98 Å². The van der Waals surface area contributed by atoms with Crippen LogP contribution in [0.1, 0.15) is 24.0 Å². The predicted molar refractivity (Wildman–Crippen MR) is 142 cm³/mol. The van der Waals surface area contributed by atoms with Crippen molar-refractivity contribution in [1.82, 2.24) is 14.5 Å². The smallest absolute Gasteiger partial charge is 0.266 e. The third kappa shape index (κ3) is 5.33. The van der Waals surface area contributed by atoms with Crippen molar-refractivity contribution >= 4 is 28.6 Å². The molecule has 35 heavy (non-hydrogen) atoms. The van der Waals surface area contributed by atoms with Crippen LogP contribution in [0.3, 0.4) is 0 Å². The molecule has 1 aliphatic rings. The van der Waals surface area contributed by atoms with Crippen molar-refractivity contribution in [2.45, 2.75) is 31.3 Å². The van der Waals surface area contributed by atoms with Gasteiger partial charge in [-0.1, -0.05) is 71.9 Å². The van der Waals surface area contributed by atoms with Gasteiger partial charge in [-0.2, -0.15) is 0 Å². The molecule has 0 spiro atoms. The lowest BCUT2D eigenvalue weighted by Crippen LogP contribution is -2.40. The average Bonchev–Trinajstić information content (AvgIpc) is 2.89. The summed E-state index contributed by atoms with van der Waals surface area (Å²) in [5.74, 6) is 0.981. The summed E-state index contributed by atoms with van der Waals surface area (Å²) in [7, 11) is 0. The molecule has 5 rings (SSSR count). The normalized spacial score (nSPS) is 14.4. The summed E-state index contributed by atoms with van der Waals surface area (Å²) in [5, 5.41) is 1.12. The van der Waals surface area contributed by atoms with Gasteiger partial charge in [0.25, 0.3) is 5.56 Å². The van der Waals surface area contributed by atoms with Gasteiger partial charge in [-0.25, -0.2) is 4.98 Å². The Balaban J connectivity index is 1.30. The van der Waals surface area contributed by atoms with Crippen LogP contribution in [0.25, 0.3) is 16.6 Å². The summed E-state index contributed by atoms with van der Waals surface area (Å²) in [5.41, 5.74) is 3.78. The Morgan fingerprint density at radius 1 is 0.943 bits per heavy atom. The van der Waals surface area contributed by atoms with Crippen molar-refractivity contribution < 1.29 is 4.79 Å². The molecule has 1 aliphatic heterocycles. The maximum absolute atomic E-state index is 13.4. The SMILES string of the molecule is Cc1ccc(-n2c(SCC(=O)N3CCC(Cc4ccccc4)CC3)nc3ccccc3c2=O)cc1. The monoisotopic (exact) mass is 483 g/mol. The van der Waals surface area contributed by atoms with Crippen molar-refractivity contribution in [3.63, 3.8) is 0 Å². The second-order valence-electron chi connectivity index (χ2n) is 9.19. The van der Waals surface area contributed by atoms with Gasteiger partial charge in [0.15, 0.2) is 5.16 Å². The number of rotatable bonds is 6. The zero-order chi connectivity index (χ0) is 24.2. The van der Waals surface area contributed by atoms with E-state index in [9.17, 15) is 9.59 Å². The quantitative estimate of drug-likeness (QED) is 0.277. The second kappa shape index (κ2) is 10.5. The Bertz CT molecular complexity index is 1370. The van der Waals surface area contributed by atoms with Gasteiger partial charge in [0, 0.05) is 13.1 Å². The molecule has 1 amide bonds. The predicted octanol–water partition coefficient (Wildman–Crippen LogP) is 5.27. The Morgan fingerprint density at radius 3 is 2.37 bits per heavy atom. The molecule has 2 heterocycles. The average molecular weight is 484 g/mol. The molecule has 0 bridgehead atoms. The van der Waals surface area contributed by atoms with Gasteiger partial charge in [-0.05, 0) is 61.9 Å². The summed E-state index contributed by atoms with van der Waals surface area (Å²) in [4.78, 5) is 33.2. The van der Waals surface area contributed by atoms with Crippen LogP contribution in [-0.4, -0.2) is 39.2 Å². The van der Waals surface area contributed by atoms with Crippen molar-refractivity contribution in [3.8, 4) is 5.69 Å². The molecule has 3 aromatic carbocycles. The lowest BCUT2D eigenvalue weighted by Gasteiger charge is -2.32. The fourth-order valence-electron chi connectivity index (χ4n) is 4.68. The number of nitrogens with zero attached hydrogens (tertiary/aromatic N) is 3. The van der Waals surface area contributed by atoms with Crippen LogP contribution in [0.15, 0.2) is 88.8 Å². The van der Waals surface area contributed by atoms with Crippen molar-refractivity contribution in [3.05, 3.63) is 100 Å². The first-order valence-electron chi connectivity index (χ1n) is 12.1. The van der Waals surface area contributed by atoms with E-state index < -0.39 is 0 Å². The van der Waals surface area contributed by atoms with Gasteiger partial charge < -0.3 is 4.90 Å². The molecule has 0 atom stereocenters. The molecule has 0 aliphatic carbocycles. The Labute approximate surface area is 209 Å². The van der Waals surface area contributed by atoms with Crippen LogP contribution in [-0.2, 0) is 11.2 Å². The molecule has 0 unspecified atom stereocenters. The van der Waals surface area contributed by atoms with E-state index in [-0.39, 0.29) is 17.2 Å². The number of amides is 1. The number of hydrogen-bond acceptors (Lipinski definition) is 4. The van der Waals surface area contributed by atoms with Gasteiger partial charge in [-0.15, -0.1) is 0 Å². The first-order chi connectivity index (χ1) is 17.1. The maximum atomic E-state index is 13.4. The summed E-state index contributed by atoms with van der Waals surface area (Å²) in [6.45, 7) is 3.59. The Morgan fingerprint density at radius 2 is 1.63 bits per heavy atom. The molecule has 1 fully saturated rings. The van der Waals surface area contributed by atoms with Gasteiger partial charge in [0.1, 0.15) is 0 Å². The van der Waals surface area contributed by atoms with Crippen molar-refractivity contribution in [2.24, 2.45) is 5.92 Å². The number of aromatic nitrogens is 2. The topological polar surface area (TPSA) is 55.2 Å². The Kier molecular flexibility index (Phi) is 7.00. The number of aryl methyl sites for hydroxylation is 1. The highest BCUT2D eigenvalue weighted by Gasteiger charge is 2.24. The molecule has 5 nitrogen and oxygen atoms in total. The molecular weight excluding hydrogens is 454 g/mol. The zero-order valence-corrected chi connectivity index (χ0v) is 20.7. The minimum absolute atomic E-state index is 0.103. The van der Waals surface area contributed by atoms with Crippen LogP contribution < -0.4 is 5.56 Å². The van der Waals surface area contributed by atoms with Gasteiger partial charge >= 0.3 is 0 Å². The van der Waals surface area contributed by atoms with E-state index in [0.29, 0.717) is 22.0 Å². The number of carbonyl (C=O) groups is 1. The van der Waals surface area contributed by atoms with Crippen LogP contribution in [0.5, 0.6) is 0 Å². The van der Waals surface area contributed by atoms with Crippen LogP contribution >= 0.6 is 11.8 Å². The third-order valence-electron chi connectivity index (χ3n) is 6.70. The molecule has 0 radical (unpaired) electrons. The molecule has 0 saturated carbocycles. The van der Waals surface area contributed by atoms with Gasteiger partial charge in [0.05, 0.1) is 22.3 Å². The molecular formula is C29H29N3O2S. The first-order valence-corrected chi connectivity index (χ1v) is 13.1. The first kappa shape index (κ1) is 23.4. The fourth-order valence-corrected chi connectivity index (χ4v) is 5.60. The van der Waals surface area contributed by atoms with Crippen LogP contribution in [0.2, 0.25) is 0 Å². The van der Waals surface area contributed by atoms with Crippen molar-refractivity contribution in [2.75, 3.05) is 18.8 Å². The molecule has 178 valence electrons. The van der Waals surface area contributed by atoms with E-state index in [1.807, 2.05) is 60.4 Å². The lowest BCUT2D eigenvalue weighted by atomic mass is 9.90. The van der Waals surface area contributed by atoms with Gasteiger partial charge in [-0.3, -0.25) is 14.2 Å². The highest BCUT2D eigenvalue weighted by Crippen LogP contribution is 2.25. The Hall–Kier alpha value is -3.38. The number of hydrogen-bond donors (Lipinski definition) is 0. The molecule has 4 aromatic rings. The minimum Gasteiger partial charge on any atom is -0.342 e. The number of para-hydroxylation sites is 1.